The zero-order valence-corrected chi connectivity index (χ0v) is 25.7. The summed E-state index contributed by atoms with van der Waals surface area (Å²) in [5.74, 6) is -0.767. The Bertz CT molecular complexity index is 2120. The van der Waals surface area contributed by atoms with Gasteiger partial charge in [-0.3, -0.25) is 9.36 Å². The van der Waals surface area contributed by atoms with Crippen molar-refractivity contribution in [3.8, 4) is 11.5 Å². The van der Waals surface area contributed by atoms with Crippen LogP contribution in [0.4, 0.5) is 8.78 Å². The van der Waals surface area contributed by atoms with Gasteiger partial charge in [0.25, 0.3) is 5.56 Å². The lowest BCUT2D eigenvalue weighted by molar-refractivity contribution is -0.138. The van der Waals surface area contributed by atoms with Crippen molar-refractivity contribution in [1.29, 1.82) is 0 Å². The molecule has 2 heterocycles. The van der Waals surface area contributed by atoms with Crippen LogP contribution in [0.1, 0.15) is 35.2 Å². The van der Waals surface area contributed by atoms with Gasteiger partial charge in [-0.2, -0.15) is 0 Å². The second kappa shape index (κ2) is 13.3. The monoisotopic (exact) mass is 638 g/mol. The van der Waals surface area contributed by atoms with Gasteiger partial charge in [0, 0.05) is 16.7 Å². The Morgan fingerprint density at radius 2 is 1.70 bits per heavy atom. The fourth-order valence-corrected chi connectivity index (χ4v) is 6.26. The van der Waals surface area contributed by atoms with Crippen molar-refractivity contribution in [2.75, 3.05) is 13.7 Å². The molecule has 0 aliphatic carbocycles. The molecule has 1 aliphatic rings. The van der Waals surface area contributed by atoms with E-state index >= 15 is 0 Å². The van der Waals surface area contributed by atoms with Gasteiger partial charge in [0.05, 0.1) is 35.6 Å². The van der Waals surface area contributed by atoms with Crippen LogP contribution in [0.25, 0.3) is 11.8 Å². The molecule has 46 heavy (non-hydrogen) atoms. The fraction of sp³-hybridized carbons (Fsp3) is 0.139. The van der Waals surface area contributed by atoms with E-state index in [9.17, 15) is 18.4 Å². The molecule has 1 aromatic heterocycles. The minimum Gasteiger partial charge on any atom is -0.493 e. The topological polar surface area (TPSA) is 79.1 Å². The normalized spacial score (nSPS) is 14.4. The lowest BCUT2D eigenvalue weighted by Gasteiger charge is -2.25. The summed E-state index contributed by atoms with van der Waals surface area (Å²) in [6, 6.07) is 25.4. The Morgan fingerprint density at radius 3 is 2.41 bits per heavy atom. The van der Waals surface area contributed by atoms with Crippen molar-refractivity contribution in [3.05, 3.63) is 156 Å². The van der Waals surface area contributed by atoms with Gasteiger partial charge in [0.2, 0.25) is 0 Å². The quantitative estimate of drug-likeness (QED) is 0.191. The van der Waals surface area contributed by atoms with Crippen LogP contribution in [0.15, 0.2) is 112 Å². The number of ether oxygens (including phenoxy) is 3. The number of thiazole rings is 1. The van der Waals surface area contributed by atoms with Crippen LogP contribution in [-0.2, 0) is 16.1 Å². The summed E-state index contributed by atoms with van der Waals surface area (Å²) in [5, 5.41) is 0. The number of carbonyl (C=O) groups is 1. The summed E-state index contributed by atoms with van der Waals surface area (Å²) >= 11 is 1.13. The molecule has 0 unspecified atom stereocenters. The Balaban J connectivity index is 1.55. The predicted molar refractivity (Wildman–Crippen MR) is 171 cm³/mol. The van der Waals surface area contributed by atoms with Crippen LogP contribution >= 0.6 is 11.3 Å². The molecule has 5 aromatic rings. The van der Waals surface area contributed by atoms with E-state index in [0.29, 0.717) is 48.8 Å². The summed E-state index contributed by atoms with van der Waals surface area (Å²) in [6.45, 7) is 1.74. The third kappa shape index (κ3) is 5.99. The number of para-hydroxylation sites is 1. The van der Waals surface area contributed by atoms with Crippen molar-refractivity contribution < 1.29 is 27.8 Å². The van der Waals surface area contributed by atoms with Crippen LogP contribution < -0.4 is 24.4 Å². The lowest BCUT2D eigenvalue weighted by atomic mass is 9.93. The zero-order chi connectivity index (χ0) is 32.2. The molecule has 0 fully saturated rings. The molecular weight excluding hydrogens is 610 g/mol. The summed E-state index contributed by atoms with van der Waals surface area (Å²) in [7, 11) is 1.49. The number of fused-ring (bicyclic) bond motifs is 1. The molecule has 1 atom stereocenters. The van der Waals surface area contributed by atoms with E-state index in [1.807, 2.05) is 30.3 Å². The molecule has 0 amide bonds. The molecule has 4 aromatic carbocycles. The minimum atomic E-state index is -0.949. The number of carbonyl (C=O) groups excluding carboxylic acids is 1. The average Bonchev–Trinajstić information content (AvgIpc) is 3.38. The van der Waals surface area contributed by atoms with Crippen LogP contribution in [0.5, 0.6) is 11.5 Å². The van der Waals surface area contributed by atoms with E-state index in [2.05, 4.69) is 0 Å². The van der Waals surface area contributed by atoms with Gasteiger partial charge in [0.1, 0.15) is 18.2 Å². The molecule has 232 valence electrons. The summed E-state index contributed by atoms with van der Waals surface area (Å²) in [5.41, 5.74) is 2.15. The van der Waals surface area contributed by atoms with Crippen molar-refractivity contribution >= 4 is 29.1 Å². The van der Waals surface area contributed by atoms with E-state index in [4.69, 9.17) is 19.2 Å². The fourth-order valence-electron chi connectivity index (χ4n) is 5.27. The first-order valence-electron chi connectivity index (χ1n) is 14.5. The van der Waals surface area contributed by atoms with Gasteiger partial charge < -0.3 is 14.2 Å². The number of benzene rings is 4. The second-order valence-electron chi connectivity index (χ2n) is 10.2. The Labute approximate surface area is 267 Å². The number of halogens is 2. The largest absolute Gasteiger partial charge is 0.493 e. The average molecular weight is 639 g/mol. The third-order valence-electron chi connectivity index (χ3n) is 7.41. The van der Waals surface area contributed by atoms with Crippen LogP contribution in [0.3, 0.4) is 0 Å². The maximum Gasteiger partial charge on any atom is 0.338 e. The first kappa shape index (κ1) is 30.7. The van der Waals surface area contributed by atoms with E-state index in [-0.39, 0.29) is 18.8 Å². The van der Waals surface area contributed by atoms with E-state index in [1.54, 1.807) is 61.5 Å². The van der Waals surface area contributed by atoms with Crippen molar-refractivity contribution in [2.45, 2.75) is 19.6 Å². The Hall–Kier alpha value is -5.35. The molecule has 0 saturated carbocycles. The van der Waals surface area contributed by atoms with E-state index < -0.39 is 29.2 Å². The van der Waals surface area contributed by atoms with E-state index in [1.165, 1.54) is 29.9 Å². The van der Waals surface area contributed by atoms with Crippen molar-refractivity contribution in [2.24, 2.45) is 4.99 Å². The molecule has 0 bridgehead atoms. The number of rotatable bonds is 9. The summed E-state index contributed by atoms with van der Waals surface area (Å²) in [6.07, 6.45) is 1.65. The number of aromatic nitrogens is 1. The van der Waals surface area contributed by atoms with Gasteiger partial charge >= 0.3 is 5.97 Å². The SMILES string of the molecule is CCOC(=O)C1=C(c2ccccc2)N=c2s/c(=C\c3cccc(OC)c3OCc3ccccc3F)c(=O)n2[C@H]1c1ccc(F)cc1. The molecule has 0 radical (unpaired) electrons. The summed E-state index contributed by atoms with van der Waals surface area (Å²) in [4.78, 5) is 33.0. The van der Waals surface area contributed by atoms with E-state index in [0.717, 1.165) is 11.3 Å². The first-order chi connectivity index (χ1) is 22.4. The maximum atomic E-state index is 14.4. The molecule has 7 nitrogen and oxygen atoms in total. The highest BCUT2D eigenvalue weighted by Gasteiger charge is 2.35. The summed E-state index contributed by atoms with van der Waals surface area (Å²) < 4.78 is 47.2. The highest BCUT2D eigenvalue weighted by Crippen LogP contribution is 2.36. The third-order valence-corrected chi connectivity index (χ3v) is 8.39. The van der Waals surface area contributed by atoms with Gasteiger partial charge in [0.15, 0.2) is 16.3 Å². The molecular formula is C36H28F2N2O5S. The minimum absolute atomic E-state index is 0.0664. The van der Waals surface area contributed by atoms with Gasteiger partial charge in [-0.1, -0.05) is 84.1 Å². The van der Waals surface area contributed by atoms with Crippen molar-refractivity contribution in [1.82, 2.24) is 4.57 Å². The van der Waals surface area contributed by atoms with Crippen LogP contribution in [0.2, 0.25) is 0 Å². The van der Waals surface area contributed by atoms with Crippen LogP contribution in [-0.4, -0.2) is 24.3 Å². The van der Waals surface area contributed by atoms with Gasteiger partial charge in [-0.15, -0.1) is 0 Å². The van der Waals surface area contributed by atoms with Gasteiger partial charge in [-0.25, -0.2) is 18.6 Å². The van der Waals surface area contributed by atoms with Crippen molar-refractivity contribution in [3.63, 3.8) is 0 Å². The molecule has 0 N–H and O–H groups in total. The highest BCUT2D eigenvalue weighted by molar-refractivity contribution is 7.07. The Kier molecular flexibility index (Phi) is 8.89. The smallest absolute Gasteiger partial charge is 0.338 e. The molecule has 10 heteroatoms. The van der Waals surface area contributed by atoms with Gasteiger partial charge in [-0.05, 0) is 42.8 Å². The predicted octanol–water partition coefficient (Wildman–Crippen LogP) is 5.80. The molecule has 0 saturated heterocycles. The zero-order valence-electron chi connectivity index (χ0n) is 24.9. The number of methoxy groups -OCH3 is 1. The number of nitrogens with zero attached hydrogens (tertiary/aromatic N) is 2. The Morgan fingerprint density at radius 1 is 0.957 bits per heavy atom. The highest BCUT2D eigenvalue weighted by atomic mass is 32.1. The molecule has 0 spiro atoms. The maximum absolute atomic E-state index is 14.4. The second-order valence-corrected chi connectivity index (χ2v) is 11.3. The molecule has 1 aliphatic heterocycles. The molecule has 6 rings (SSSR count). The lowest BCUT2D eigenvalue weighted by Crippen LogP contribution is -2.40. The standard InChI is InChI=1S/C36H28F2N2O5S/c1-3-44-35(42)30-31(22-10-5-4-6-11-22)39-36-40(32(30)23-16-18-26(37)19-17-23)34(41)29(46-36)20-24-13-9-15-28(43-2)33(24)45-21-25-12-7-8-14-27(25)38/h4-20,32H,3,21H2,1-2H3/b29-20-/t32-/m0/s1. The van der Waals surface area contributed by atoms with Crippen LogP contribution in [0, 0.1) is 11.6 Å². The first-order valence-corrected chi connectivity index (χ1v) is 15.3. The number of hydrogen-bond donors (Lipinski definition) is 0. The number of hydrogen-bond acceptors (Lipinski definition) is 7. The number of esters is 1.